The largest absolute Gasteiger partial charge is 0.233 e. The molecule has 0 aliphatic heterocycles. The van der Waals surface area contributed by atoms with E-state index in [-0.39, 0.29) is 5.41 Å². The topological polar surface area (TPSA) is 129 Å². The Kier molecular flexibility index (Phi) is 23.6. The third-order valence-electron chi connectivity index (χ3n) is 22.1. The number of nitrogens with zero attached hydrogens (tertiary/aromatic N) is 10. The molecule has 1 aliphatic carbocycles. The maximum atomic E-state index is 4.98. The molecule has 5 aromatic heterocycles. The van der Waals surface area contributed by atoms with Gasteiger partial charge in [0.25, 0.3) is 0 Å². The van der Waals surface area contributed by atoms with Gasteiger partial charge in [0.2, 0.25) is 0 Å². The summed E-state index contributed by atoms with van der Waals surface area (Å²) in [6, 6.07) is 120. The molecule has 0 saturated carbocycles. The Hall–Kier alpha value is -14.0. The van der Waals surface area contributed by atoms with Gasteiger partial charge in [0.1, 0.15) is 29.1 Å². The predicted molar refractivity (Wildman–Crippen MR) is 501 cm³/mol. The number of benzene rings is 14. The van der Waals surface area contributed by atoms with E-state index in [1.807, 2.05) is 84.9 Å². The van der Waals surface area contributed by atoms with Gasteiger partial charge in [-0.15, -0.1) is 0 Å². The van der Waals surface area contributed by atoms with Crippen LogP contribution in [-0.4, -0.2) is 49.8 Å². The van der Waals surface area contributed by atoms with Crippen LogP contribution in [0.4, 0.5) is 0 Å². The standard InChI is InChI=1S/C26H24N2.2C23H20N2.C21H18N2.C17H16N2/c1-16(2)25-27-23-12-8-6-10-20(23)24(28-25)17-13-14-19-18-9-5-7-11-21(18)26(3,4)22(19)15-17;1-16(2)23-24-21-14-7-6-13-20(21)22(25-23)19-12-8-11-18(15-19)17-9-4-3-5-10-17;1-16(2)23-24-21-11-7-6-10-20(21)22(25-23)19-14-12-18(13-15-19)17-8-4-3-5-9-17;1-14(2)21-22-19-10-6-5-9-18(19)20(23-21)17-12-11-15-7-3-4-8-16(15)13-17;1-12(2)17-18-15-11-7-6-10-14(15)16(19-17)13-8-4-3-5-9-13/h5-16H,1-4H3;2*3-16H,1-2H3;3-14H,1-2H3;3-12H,1-2H3. The van der Waals surface area contributed by atoms with Crippen molar-refractivity contribution in [1.29, 1.82) is 0 Å². The van der Waals surface area contributed by atoms with Crippen LogP contribution in [0.15, 0.2) is 346 Å². The Balaban J connectivity index is 0.000000112. The summed E-state index contributed by atoms with van der Waals surface area (Å²) in [5.74, 6) is 5.98. The Labute approximate surface area is 704 Å². The van der Waals surface area contributed by atoms with Gasteiger partial charge in [0, 0.05) is 89.8 Å². The zero-order chi connectivity index (χ0) is 83.0. The van der Waals surface area contributed by atoms with Crippen molar-refractivity contribution in [2.45, 2.75) is 118 Å². The molecule has 0 fully saturated rings. The smallest absolute Gasteiger partial charge is 0.132 e. The SMILES string of the molecule is CC(C)c1nc(-c2ccc(-c3ccccc3)cc2)c2ccccc2n1.CC(C)c1nc(-c2ccc3c(c2)C(C)(C)c2ccccc2-3)c2ccccc2n1.CC(C)c1nc(-c2ccc3ccccc3c2)c2ccccc2n1.CC(C)c1nc(-c2cccc(-c3ccccc3)c2)c2ccccc2n1.CC(C)c1nc(-c2ccccc2)c2ccccc2n1. The summed E-state index contributed by atoms with van der Waals surface area (Å²) in [6.45, 7) is 26.0. The Morgan fingerprint density at radius 1 is 0.183 bits per heavy atom. The third-order valence-corrected chi connectivity index (χ3v) is 22.1. The molecule has 588 valence electrons. The average molecular weight is 1560 g/mol. The first kappa shape index (κ1) is 79.9. The molecule has 10 nitrogen and oxygen atoms in total. The Bertz CT molecular complexity index is 6860. The van der Waals surface area contributed by atoms with Gasteiger partial charge in [-0.1, -0.05) is 380 Å². The molecule has 0 spiro atoms. The molecule has 0 atom stereocenters. The van der Waals surface area contributed by atoms with Crippen molar-refractivity contribution < 1.29 is 0 Å². The number of rotatable bonds is 12. The van der Waals surface area contributed by atoms with Crippen LogP contribution < -0.4 is 0 Å². The number of aromatic nitrogens is 10. The monoisotopic (exact) mass is 1560 g/mol. The van der Waals surface area contributed by atoms with Crippen molar-refractivity contribution in [2.75, 3.05) is 0 Å². The lowest BCUT2D eigenvalue weighted by Crippen LogP contribution is -2.15. The second-order valence-corrected chi connectivity index (χ2v) is 32.8. The maximum absolute atomic E-state index is 4.98. The van der Waals surface area contributed by atoms with Crippen LogP contribution in [0.5, 0.6) is 0 Å². The number of hydrogen-bond donors (Lipinski definition) is 0. The van der Waals surface area contributed by atoms with Crippen LogP contribution in [0, 0.1) is 0 Å². The molecule has 0 saturated heterocycles. The molecule has 0 radical (unpaired) electrons. The van der Waals surface area contributed by atoms with Gasteiger partial charge < -0.3 is 0 Å². The molecule has 20 rings (SSSR count). The molecule has 10 heteroatoms. The van der Waals surface area contributed by atoms with E-state index in [2.05, 4.69) is 349 Å². The molecule has 5 heterocycles. The number of hydrogen-bond acceptors (Lipinski definition) is 10. The second kappa shape index (κ2) is 35.5. The van der Waals surface area contributed by atoms with Gasteiger partial charge in [-0.25, -0.2) is 49.8 Å². The summed E-state index contributed by atoms with van der Waals surface area (Å²) >= 11 is 0. The second-order valence-electron chi connectivity index (χ2n) is 32.8. The van der Waals surface area contributed by atoms with E-state index in [0.717, 1.165) is 134 Å². The number of fused-ring (bicyclic) bond motifs is 9. The zero-order valence-corrected chi connectivity index (χ0v) is 70.3. The normalized spacial score (nSPS) is 11.9. The zero-order valence-electron chi connectivity index (χ0n) is 70.3. The van der Waals surface area contributed by atoms with Crippen LogP contribution in [-0.2, 0) is 5.41 Å². The van der Waals surface area contributed by atoms with Crippen LogP contribution >= 0.6 is 0 Å². The van der Waals surface area contributed by atoms with Crippen molar-refractivity contribution in [3.63, 3.8) is 0 Å². The summed E-state index contributed by atoms with van der Waals surface area (Å²) < 4.78 is 0. The lowest BCUT2D eigenvalue weighted by atomic mass is 9.82. The van der Waals surface area contributed by atoms with Crippen molar-refractivity contribution >= 4 is 65.3 Å². The van der Waals surface area contributed by atoms with E-state index in [1.54, 1.807) is 0 Å². The molecule has 120 heavy (non-hydrogen) atoms. The van der Waals surface area contributed by atoms with Crippen molar-refractivity contribution in [3.8, 4) is 89.7 Å². The average Bonchev–Trinajstić information content (AvgIpc) is 1.57. The fourth-order valence-electron chi connectivity index (χ4n) is 15.6. The van der Waals surface area contributed by atoms with Gasteiger partial charge in [0.15, 0.2) is 0 Å². The highest BCUT2D eigenvalue weighted by atomic mass is 14.9. The van der Waals surface area contributed by atoms with Gasteiger partial charge in [-0.05, 0) is 104 Å². The van der Waals surface area contributed by atoms with Gasteiger partial charge in [-0.3, -0.25) is 0 Å². The lowest BCUT2D eigenvalue weighted by Gasteiger charge is -2.22. The molecular weight excluding hydrogens is 1460 g/mol. The molecule has 0 bridgehead atoms. The van der Waals surface area contributed by atoms with Gasteiger partial charge in [-0.2, -0.15) is 0 Å². The summed E-state index contributed by atoms with van der Waals surface area (Å²) in [4.78, 5) is 48.0. The highest BCUT2D eigenvalue weighted by Crippen LogP contribution is 2.50. The van der Waals surface area contributed by atoms with Crippen LogP contribution in [0.3, 0.4) is 0 Å². The summed E-state index contributed by atoms with van der Waals surface area (Å²) in [7, 11) is 0. The minimum Gasteiger partial charge on any atom is -0.233 e. The van der Waals surface area contributed by atoms with E-state index in [1.165, 1.54) is 60.8 Å². The Morgan fingerprint density at radius 3 is 0.867 bits per heavy atom. The first-order chi connectivity index (χ1) is 58.4. The highest BCUT2D eigenvalue weighted by Gasteiger charge is 2.35. The summed E-state index contributed by atoms with van der Waals surface area (Å²) in [5.41, 5.74) is 26.1. The summed E-state index contributed by atoms with van der Waals surface area (Å²) in [5, 5.41) is 8.00. The molecule has 19 aromatic rings. The first-order valence-electron chi connectivity index (χ1n) is 41.8. The fraction of sp³-hybridized carbons (Fsp3) is 0.164. The highest BCUT2D eigenvalue weighted by molar-refractivity contribution is 5.99. The van der Waals surface area contributed by atoms with E-state index in [9.17, 15) is 0 Å². The molecule has 0 amide bonds. The minimum absolute atomic E-state index is 0.00829. The quantitative estimate of drug-likeness (QED) is 0.117. The van der Waals surface area contributed by atoms with E-state index < -0.39 is 0 Å². The number of para-hydroxylation sites is 5. The van der Waals surface area contributed by atoms with Crippen molar-refractivity contribution in [1.82, 2.24) is 49.8 Å². The lowest BCUT2D eigenvalue weighted by molar-refractivity contribution is 0.660. The fourth-order valence-corrected chi connectivity index (χ4v) is 15.6. The first-order valence-corrected chi connectivity index (χ1v) is 41.8. The predicted octanol–water partition coefficient (Wildman–Crippen LogP) is 28.9. The van der Waals surface area contributed by atoms with Crippen LogP contribution in [0.1, 0.15) is 153 Å². The van der Waals surface area contributed by atoms with Crippen LogP contribution in [0.25, 0.3) is 155 Å². The summed E-state index contributed by atoms with van der Waals surface area (Å²) in [6.07, 6.45) is 0. The third kappa shape index (κ3) is 17.3. The van der Waals surface area contributed by atoms with Crippen LogP contribution in [0.2, 0.25) is 0 Å². The molecule has 0 unspecified atom stereocenters. The van der Waals surface area contributed by atoms with Gasteiger partial charge >= 0.3 is 0 Å². The van der Waals surface area contributed by atoms with Gasteiger partial charge in [0.05, 0.1) is 56.1 Å². The Morgan fingerprint density at radius 2 is 0.450 bits per heavy atom. The molecular formula is C110H98N10. The molecule has 1 aliphatic rings. The maximum Gasteiger partial charge on any atom is 0.132 e. The van der Waals surface area contributed by atoms with E-state index in [0.29, 0.717) is 29.6 Å². The van der Waals surface area contributed by atoms with E-state index in [4.69, 9.17) is 44.9 Å². The molecule has 0 N–H and O–H groups in total. The van der Waals surface area contributed by atoms with E-state index >= 15 is 0 Å². The minimum atomic E-state index is -0.00829. The van der Waals surface area contributed by atoms with Crippen molar-refractivity contribution in [2.24, 2.45) is 0 Å². The molecule has 14 aromatic carbocycles. The van der Waals surface area contributed by atoms with Crippen molar-refractivity contribution in [3.05, 3.63) is 386 Å².